The van der Waals surface area contributed by atoms with Gasteiger partial charge in [-0.2, -0.15) is 0 Å². The number of halogens is 2. The number of pyridine rings is 1. The van der Waals surface area contributed by atoms with E-state index in [1.54, 1.807) is 0 Å². The van der Waals surface area contributed by atoms with E-state index >= 15 is 0 Å². The molecule has 3 rings (SSSR count). The van der Waals surface area contributed by atoms with Gasteiger partial charge in [0, 0.05) is 24.5 Å². The Hall–Kier alpha value is -1.40. The first kappa shape index (κ1) is 19.4. The van der Waals surface area contributed by atoms with Gasteiger partial charge in [-0.25, -0.2) is 9.98 Å². The number of benzene rings is 1. The molecule has 2 aromatic rings. The molecule has 1 aliphatic carbocycles. The summed E-state index contributed by atoms with van der Waals surface area (Å²) in [6.07, 6.45) is 4.91. The summed E-state index contributed by atoms with van der Waals surface area (Å²) in [5.74, 6) is 0.647. The van der Waals surface area contributed by atoms with Crippen LogP contribution in [0.2, 0.25) is 0 Å². The first-order valence-corrected chi connectivity index (χ1v) is 10.4. The summed E-state index contributed by atoms with van der Waals surface area (Å²) in [6.45, 7) is 4.97. The van der Waals surface area contributed by atoms with Crippen LogP contribution in [0, 0.1) is 6.92 Å². The summed E-state index contributed by atoms with van der Waals surface area (Å²) in [5, 5.41) is 0. The van der Waals surface area contributed by atoms with E-state index in [4.69, 9.17) is 4.74 Å². The third-order valence-corrected chi connectivity index (χ3v) is 5.69. The molecule has 0 spiro atoms. The van der Waals surface area contributed by atoms with Crippen molar-refractivity contribution in [2.24, 2.45) is 4.99 Å². The lowest BCUT2D eigenvalue weighted by Crippen LogP contribution is -2.25. The van der Waals surface area contributed by atoms with Gasteiger partial charge in [0.25, 0.3) is 0 Å². The smallest absolute Gasteiger partial charge is 0.228 e. The second kappa shape index (κ2) is 8.53. The summed E-state index contributed by atoms with van der Waals surface area (Å²) in [6, 6.07) is 8.48. The molecule has 1 atom stereocenters. The molecule has 1 unspecified atom stereocenters. The molecule has 0 radical (unpaired) electrons. The highest BCUT2D eigenvalue weighted by Gasteiger charge is 2.22. The summed E-state index contributed by atoms with van der Waals surface area (Å²) >= 11 is 7.15. The lowest BCUT2D eigenvalue weighted by molar-refractivity contribution is 0.175. The number of aryl methyl sites for hydroxylation is 2. The highest BCUT2D eigenvalue weighted by molar-refractivity contribution is 9.10. The van der Waals surface area contributed by atoms with Crippen molar-refractivity contribution in [3.63, 3.8) is 0 Å². The molecular formula is C20H23Br2N3O. The maximum Gasteiger partial charge on any atom is 0.228 e. The second-order valence-electron chi connectivity index (χ2n) is 6.59. The SMILES string of the molecule is CCN(C)/C=N/c1cc(Br)c(OC2CCc3ccc(Br)cc3C2)nc1C. The minimum Gasteiger partial charge on any atom is -0.473 e. The standard InChI is InChI=1S/C20H23Br2N3O/c1-4-25(3)12-23-19-11-18(22)20(24-13(19)2)26-17-8-6-14-5-7-16(21)9-15(14)10-17/h5,7,9,11-12,17H,4,6,8,10H2,1-3H3/b23-12+. The predicted molar refractivity (Wildman–Crippen MR) is 114 cm³/mol. The normalized spacial score (nSPS) is 16.6. The number of rotatable bonds is 5. The number of fused-ring (bicyclic) bond motifs is 1. The van der Waals surface area contributed by atoms with Crippen LogP contribution >= 0.6 is 31.9 Å². The van der Waals surface area contributed by atoms with E-state index in [9.17, 15) is 0 Å². The average Bonchev–Trinajstić information content (AvgIpc) is 2.62. The molecule has 0 aliphatic heterocycles. The Balaban J connectivity index is 1.74. The monoisotopic (exact) mass is 479 g/mol. The van der Waals surface area contributed by atoms with E-state index in [0.29, 0.717) is 5.88 Å². The van der Waals surface area contributed by atoms with E-state index < -0.39 is 0 Å². The largest absolute Gasteiger partial charge is 0.473 e. The zero-order chi connectivity index (χ0) is 18.7. The first-order chi connectivity index (χ1) is 12.5. The van der Waals surface area contributed by atoms with Gasteiger partial charge in [-0.1, -0.05) is 22.0 Å². The van der Waals surface area contributed by atoms with Gasteiger partial charge in [0.2, 0.25) is 5.88 Å². The van der Waals surface area contributed by atoms with Crippen LogP contribution in [0.4, 0.5) is 5.69 Å². The highest BCUT2D eigenvalue weighted by Crippen LogP contribution is 2.33. The molecular weight excluding hydrogens is 458 g/mol. The van der Waals surface area contributed by atoms with Gasteiger partial charge >= 0.3 is 0 Å². The molecule has 0 N–H and O–H groups in total. The van der Waals surface area contributed by atoms with Crippen molar-refractivity contribution in [3.05, 3.63) is 50.0 Å². The zero-order valence-corrected chi connectivity index (χ0v) is 18.5. The molecule has 1 aromatic heterocycles. The quantitative estimate of drug-likeness (QED) is 0.421. The maximum atomic E-state index is 6.23. The summed E-state index contributed by atoms with van der Waals surface area (Å²) in [5.41, 5.74) is 4.48. The van der Waals surface area contributed by atoms with Crippen molar-refractivity contribution < 1.29 is 4.74 Å². The first-order valence-electron chi connectivity index (χ1n) is 8.81. The van der Waals surface area contributed by atoms with Crippen LogP contribution in [0.15, 0.2) is 38.2 Å². The van der Waals surface area contributed by atoms with Gasteiger partial charge in [-0.05, 0) is 71.9 Å². The van der Waals surface area contributed by atoms with Crippen LogP contribution in [0.3, 0.4) is 0 Å². The van der Waals surface area contributed by atoms with Crippen molar-refractivity contribution >= 4 is 43.9 Å². The van der Waals surface area contributed by atoms with Crippen LogP contribution in [-0.4, -0.2) is 35.9 Å². The van der Waals surface area contributed by atoms with Crippen LogP contribution in [-0.2, 0) is 12.8 Å². The summed E-state index contributed by atoms with van der Waals surface area (Å²) in [4.78, 5) is 11.2. The highest BCUT2D eigenvalue weighted by atomic mass is 79.9. The van der Waals surface area contributed by atoms with Crippen molar-refractivity contribution in [2.45, 2.75) is 39.2 Å². The Morgan fingerprint density at radius 3 is 2.88 bits per heavy atom. The van der Waals surface area contributed by atoms with E-state index in [0.717, 1.165) is 46.1 Å². The van der Waals surface area contributed by atoms with Crippen molar-refractivity contribution in [3.8, 4) is 5.88 Å². The predicted octanol–water partition coefficient (Wildman–Crippen LogP) is 5.46. The molecule has 138 valence electrons. The van der Waals surface area contributed by atoms with Crippen LogP contribution in [0.1, 0.15) is 30.2 Å². The Morgan fingerprint density at radius 2 is 2.12 bits per heavy atom. The van der Waals surface area contributed by atoms with Crippen LogP contribution < -0.4 is 4.74 Å². The third kappa shape index (κ3) is 4.65. The van der Waals surface area contributed by atoms with Gasteiger partial charge in [0.1, 0.15) is 6.10 Å². The fourth-order valence-corrected chi connectivity index (χ4v) is 3.76. The van der Waals surface area contributed by atoms with Gasteiger partial charge in [-0.3, -0.25) is 0 Å². The molecule has 1 heterocycles. The van der Waals surface area contributed by atoms with E-state index in [1.807, 2.05) is 31.3 Å². The summed E-state index contributed by atoms with van der Waals surface area (Å²) in [7, 11) is 2.00. The minimum atomic E-state index is 0.139. The Morgan fingerprint density at radius 1 is 1.31 bits per heavy atom. The molecule has 6 heteroatoms. The van der Waals surface area contributed by atoms with E-state index in [-0.39, 0.29) is 6.10 Å². The Bertz CT molecular complexity index is 823. The molecule has 0 saturated carbocycles. The average molecular weight is 481 g/mol. The van der Waals surface area contributed by atoms with Crippen molar-refractivity contribution in [1.29, 1.82) is 0 Å². The van der Waals surface area contributed by atoms with Crippen LogP contribution in [0.25, 0.3) is 0 Å². The number of hydrogen-bond donors (Lipinski definition) is 0. The molecule has 26 heavy (non-hydrogen) atoms. The molecule has 0 fully saturated rings. The number of aromatic nitrogens is 1. The third-order valence-electron chi connectivity index (χ3n) is 4.63. The molecule has 0 amide bonds. The van der Waals surface area contributed by atoms with Crippen molar-refractivity contribution in [2.75, 3.05) is 13.6 Å². The van der Waals surface area contributed by atoms with E-state index in [2.05, 4.69) is 67.0 Å². The lowest BCUT2D eigenvalue weighted by Gasteiger charge is -2.26. The lowest BCUT2D eigenvalue weighted by atomic mass is 9.90. The Labute approximate surface area is 171 Å². The zero-order valence-electron chi connectivity index (χ0n) is 15.3. The number of nitrogens with zero attached hydrogens (tertiary/aromatic N) is 3. The molecule has 4 nitrogen and oxygen atoms in total. The topological polar surface area (TPSA) is 37.7 Å². The van der Waals surface area contributed by atoms with Gasteiger partial charge in [0.15, 0.2) is 0 Å². The maximum absolute atomic E-state index is 6.23. The molecule has 1 aliphatic rings. The number of aliphatic imine (C=N–C) groups is 1. The van der Waals surface area contributed by atoms with Gasteiger partial charge in [-0.15, -0.1) is 0 Å². The Kier molecular flexibility index (Phi) is 6.35. The van der Waals surface area contributed by atoms with Gasteiger partial charge < -0.3 is 9.64 Å². The fraction of sp³-hybridized carbons (Fsp3) is 0.400. The van der Waals surface area contributed by atoms with Crippen LogP contribution in [0.5, 0.6) is 5.88 Å². The van der Waals surface area contributed by atoms with Gasteiger partial charge in [0.05, 0.1) is 22.2 Å². The van der Waals surface area contributed by atoms with Crippen molar-refractivity contribution in [1.82, 2.24) is 9.88 Å². The summed E-state index contributed by atoms with van der Waals surface area (Å²) < 4.78 is 8.19. The molecule has 0 bridgehead atoms. The fourth-order valence-electron chi connectivity index (χ4n) is 2.96. The second-order valence-corrected chi connectivity index (χ2v) is 8.36. The number of ether oxygens (including phenoxy) is 1. The van der Waals surface area contributed by atoms with E-state index in [1.165, 1.54) is 11.1 Å². The molecule has 0 saturated heterocycles. The number of hydrogen-bond acceptors (Lipinski definition) is 3. The minimum absolute atomic E-state index is 0.139. The molecule has 1 aromatic carbocycles.